The summed E-state index contributed by atoms with van der Waals surface area (Å²) in [6.07, 6.45) is 1.55. The van der Waals surface area contributed by atoms with E-state index in [9.17, 15) is 4.79 Å². The average molecular weight is 315 g/mol. The molecule has 0 saturated carbocycles. The van der Waals surface area contributed by atoms with Crippen molar-refractivity contribution in [1.82, 2.24) is 4.90 Å². The van der Waals surface area contributed by atoms with Gasteiger partial charge < -0.3 is 9.64 Å². The third kappa shape index (κ3) is 3.50. The normalized spacial score (nSPS) is 17.7. The Kier molecular flexibility index (Phi) is 4.78. The Morgan fingerprint density at radius 3 is 2.82 bits per heavy atom. The number of thiophene rings is 1. The summed E-state index contributed by atoms with van der Waals surface area (Å²) in [5.74, 6) is 1.59. The van der Waals surface area contributed by atoms with Crippen molar-refractivity contribution in [2.24, 2.45) is 0 Å². The molecule has 1 atom stereocenters. The summed E-state index contributed by atoms with van der Waals surface area (Å²) in [7, 11) is 0. The standard InChI is InChI=1S/C18H21NO2S/c1-2-21-17-5-3-14(4-6-17)11-18(20)19-9-7-15(12-19)16-8-10-22-13-16/h3-6,8,10,13,15H,2,7,9,11-12H2,1H3. The zero-order chi connectivity index (χ0) is 15.4. The zero-order valence-electron chi connectivity index (χ0n) is 12.8. The van der Waals surface area contributed by atoms with Gasteiger partial charge in [-0.1, -0.05) is 12.1 Å². The van der Waals surface area contributed by atoms with E-state index in [-0.39, 0.29) is 5.91 Å². The molecule has 1 fully saturated rings. The second-order valence-electron chi connectivity index (χ2n) is 5.64. The molecular weight excluding hydrogens is 294 g/mol. The second kappa shape index (κ2) is 6.97. The maximum atomic E-state index is 12.4. The van der Waals surface area contributed by atoms with Gasteiger partial charge >= 0.3 is 0 Å². The molecule has 4 heteroatoms. The summed E-state index contributed by atoms with van der Waals surface area (Å²) in [5.41, 5.74) is 2.42. The van der Waals surface area contributed by atoms with E-state index in [0.717, 1.165) is 30.8 Å². The Hall–Kier alpha value is -1.81. The van der Waals surface area contributed by atoms with Gasteiger partial charge in [0.25, 0.3) is 0 Å². The van der Waals surface area contributed by atoms with Crippen molar-refractivity contribution in [3.05, 3.63) is 52.2 Å². The van der Waals surface area contributed by atoms with E-state index in [1.54, 1.807) is 11.3 Å². The van der Waals surface area contributed by atoms with E-state index >= 15 is 0 Å². The maximum absolute atomic E-state index is 12.4. The first kappa shape index (κ1) is 15.1. The first-order valence-electron chi connectivity index (χ1n) is 7.78. The van der Waals surface area contributed by atoms with Crippen LogP contribution in [0.5, 0.6) is 5.75 Å². The fourth-order valence-corrected chi connectivity index (χ4v) is 3.67. The topological polar surface area (TPSA) is 29.5 Å². The summed E-state index contributed by atoms with van der Waals surface area (Å²) in [6.45, 7) is 4.35. The molecule has 0 radical (unpaired) electrons. The molecule has 1 aromatic carbocycles. The lowest BCUT2D eigenvalue weighted by Gasteiger charge is -2.16. The van der Waals surface area contributed by atoms with Gasteiger partial charge in [-0.2, -0.15) is 11.3 Å². The number of hydrogen-bond donors (Lipinski definition) is 0. The fourth-order valence-electron chi connectivity index (χ4n) is 2.92. The van der Waals surface area contributed by atoms with Gasteiger partial charge in [-0.05, 0) is 53.4 Å². The lowest BCUT2D eigenvalue weighted by atomic mass is 10.0. The lowest BCUT2D eigenvalue weighted by Crippen LogP contribution is -2.29. The summed E-state index contributed by atoms with van der Waals surface area (Å²) < 4.78 is 5.43. The first-order valence-corrected chi connectivity index (χ1v) is 8.72. The minimum Gasteiger partial charge on any atom is -0.494 e. The monoisotopic (exact) mass is 315 g/mol. The Morgan fingerprint density at radius 2 is 2.14 bits per heavy atom. The smallest absolute Gasteiger partial charge is 0.227 e. The van der Waals surface area contributed by atoms with Gasteiger partial charge in [0.05, 0.1) is 13.0 Å². The highest BCUT2D eigenvalue weighted by Gasteiger charge is 2.27. The molecule has 1 amide bonds. The molecule has 0 aliphatic carbocycles. The van der Waals surface area contributed by atoms with Crippen LogP contribution in [0, 0.1) is 0 Å². The molecule has 3 rings (SSSR count). The molecule has 116 valence electrons. The van der Waals surface area contributed by atoms with Crippen LogP contribution in [0.3, 0.4) is 0 Å². The number of hydrogen-bond acceptors (Lipinski definition) is 3. The van der Waals surface area contributed by atoms with Crippen molar-refractivity contribution in [2.45, 2.75) is 25.7 Å². The average Bonchev–Trinajstić information content (AvgIpc) is 3.20. The zero-order valence-corrected chi connectivity index (χ0v) is 13.6. The van der Waals surface area contributed by atoms with Gasteiger partial charge in [-0.15, -0.1) is 0 Å². The van der Waals surface area contributed by atoms with Crippen molar-refractivity contribution in [1.29, 1.82) is 0 Å². The number of carbonyl (C=O) groups is 1. The van der Waals surface area contributed by atoms with Crippen LogP contribution in [0.15, 0.2) is 41.1 Å². The highest BCUT2D eigenvalue weighted by molar-refractivity contribution is 7.07. The maximum Gasteiger partial charge on any atom is 0.227 e. The van der Waals surface area contributed by atoms with Crippen LogP contribution >= 0.6 is 11.3 Å². The van der Waals surface area contributed by atoms with Crippen LogP contribution in [-0.2, 0) is 11.2 Å². The molecule has 0 N–H and O–H groups in total. The van der Waals surface area contributed by atoms with Gasteiger partial charge in [0.1, 0.15) is 5.75 Å². The summed E-state index contributed by atoms with van der Waals surface area (Å²) in [6, 6.07) is 10.0. The number of benzene rings is 1. The van der Waals surface area contributed by atoms with Crippen LogP contribution in [-0.4, -0.2) is 30.5 Å². The van der Waals surface area contributed by atoms with Gasteiger partial charge in [0, 0.05) is 19.0 Å². The molecule has 2 aromatic rings. The van der Waals surface area contributed by atoms with Crippen LogP contribution in [0.4, 0.5) is 0 Å². The van der Waals surface area contributed by atoms with Gasteiger partial charge in [0.15, 0.2) is 0 Å². The summed E-state index contributed by atoms with van der Waals surface area (Å²) in [4.78, 5) is 14.4. The molecule has 1 unspecified atom stereocenters. The van der Waals surface area contributed by atoms with E-state index in [2.05, 4.69) is 16.8 Å². The van der Waals surface area contributed by atoms with Gasteiger partial charge in [0.2, 0.25) is 5.91 Å². The van der Waals surface area contributed by atoms with Crippen molar-refractivity contribution < 1.29 is 9.53 Å². The molecule has 1 aliphatic rings. The molecule has 1 saturated heterocycles. The van der Waals surface area contributed by atoms with Gasteiger partial charge in [-0.25, -0.2) is 0 Å². The molecule has 0 bridgehead atoms. The highest BCUT2D eigenvalue weighted by Crippen LogP contribution is 2.29. The fraction of sp³-hybridized carbons (Fsp3) is 0.389. The van der Waals surface area contributed by atoms with E-state index < -0.39 is 0 Å². The minimum atomic E-state index is 0.224. The summed E-state index contributed by atoms with van der Waals surface area (Å²) in [5, 5.41) is 4.31. The predicted octanol–water partition coefficient (Wildman–Crippen LogP) is 3.71. The number of nitrogens with zero attached hydrogens (tertiary/aromatic N) is 1. The Balaban J connectivity index is 1.56. The molecule has 1 aliphatic heterocycles. The SMILES string of the molecule is CCOc1ccc(CC(=O)N2CCC(c3ccsc3)C2)cc1. The first-order chi connectivity index (χ1) is 10.8. The van der Waals surface area contributed by atoms with E-state index in [0.29, 0.717) is 18.9 Å². The Morgan fingerprint density at radius 1 is 1.32 bits per heavy atom. The molecule has 2 heterocycles. The number of ether oxygens (including phenoxy) is 1. The van der Waals surface area contributed by atoms with Crippen LogP contribution < -0.4 is 4.74 Å². The Labute approximate surface area is 135 Å². The number of amides is 1. The van der Waals surface area contributed by atoms with Crippen LogP contribution in [0.25, 0.3) is 0 Å². The molecule has 1 aromatic heterocycles. The number of rotatable bonds is 5. The Bertz CT molecular complexity index is 607. The number of likely N-dealkylation sites (tertiary alicyclic amines) is 1. The predicted molar refractivity (Wildman–Crippen MR) is 89.6 cm³/mol. The third-order valence-corrected chi connectivity index (χ3v) is 4.85. The molecule has 22 heavy (non-hydrogen) atoms. The van der Waals surface area contributed by atoms with Crippen molar-refractivity contribution in [3.63, 3.8) is 0 Å². The van der Waals surface area contributed by atoms with Crippen LogP contribution in [0.2, 0.25) is 0 Å². The number of carbonyl (C=O) groups excluding carboxylic acids is 1. The highest BCUT2D eigenvalue weighted by atomic mass is 32.1. The third-order valence-electron chi connectivity index (χ3n) is 4.15. The molecule has 0 spiro atoms. The molecule has 3 nitrogen and oxygen atoms in total. The van der Waals surface area contributed by atoms with Crippen molar-refractivity contribution >= 4 is 17.2 Å². The second-order valence-corrected chi connectivity index (χ2v) is 6.42. The lowest BCUT2D eigenvalue weighted by molar-refractivity contribution is -0.129. The quantitative estimate of drug-likeness (QED) is 0.842. The minimum absolute atomic E-state index is 0.224. The molecular formula is C18H21NO2S. The summed E-state index contributed by atoms with van der Waals surface area (Å²) >= 11 is 1.73. The van der Waals surface area contributed by atoms with E-state index in [1.165, 1.54) is 5.56 Å². The van der Waals surface area contributed by atoms with Crippen molar-refractivity contribution in [3.8, 4) is 5.75 Å². The van der Waals surface area contributed by atoms with Crippen LogP contribution in [0.1, 0.15) is 30.4 Å². The largest absolute Gasteiger partial charge is 0.494 e. The van der Waals surface area contributed by atoms with E-state index in [1.807, 2.05) is 36.1 Å². The van der Waals surface area contributed by atoms with Gasteiger partial charge in [-0.3, -0.25) is 4.79 Å². The van der Waals surface area contributed by atoms with E-state index in [4.69, 9.17) is 4.74 Å². The van der Waals surface area contributed by atoms with Crippen molar-refractivity contribution in [2.75, 3.05) is 19.7 Å².